The first-order valence-electron chi connectivity index (χ1n) is 7.15. The highest BCUT2D eigenvalue weighted by Gasteiger charge is 2.15. The standard InChI is InChI=1S/C17H18N4O2/c1-11(7-16(22)23-17(2,3)4)13-8-12-9-14(20-21-18)5-6-15(12)19-10-13/h5-10H,1-4H3/b11-7+. The minimum atomic E-state index is -0.528. The van der Waals surface area contributed by atoms with Gasteiger partial charge in [-0.2, -0.15) is 0 Å². The smallest absolute Gasteiger partial charge is 0.331 e. The number of carbonyl (C=O) groups is 1. The molecule has 6 heteroatoms. The minimum Gasteiger partial charge on any atom is -0.457 e. The number of carbonyl (C=O) groups excluding carboxylic acids is 1. The lowest BCUT2D eigenvalue weighted by molar-refractivity contribution is -0.148. The Morgan fingerprint density at radius 1 is 1.35 bits per heavy atom. The lowest BCUT2D eigenvalue weighted by Crippen LogP contribution is -2.22. The van der Waals surface area contributed by atoms with Crippen LogP contribution in [0.2, 0.25) is 0 Å². The van der Waals surface area contributed by atoms with Crippen LogP contribution in [-0.4, -0.2) is 16.6 Å². The Labute approximate surface area is 134 Å². The number of hydrogen-bond donors (Lipinski definition) is 0. The van der Waals surface area contributed by atoms with Crippen LogP contribution in [0.15, 0.2) is 41.7 Å². The van der Waals surface area contributed by atoms with E-state index in [0.29, 0.717) is 5.69 Å². The number of pyridine rings is 1. The zero-order valence-corrected chi connectivity index (χ0v) is 13.6. The summed E-state index contributed by atoms with van der Waals surface area (Å²) in [5, 5.41) is 4.42. The van der Waals surface area contributed by atoms with Crippen LogP contribution >= 0.6 is 0 Å². The average Bonchev–Trinajstić information content (AvgIpc) is 2.44. The first-order chi connectivity index (χ1) is 10.8. The molecule has 118 valence electrons. The second-order valence-corrected chi connectivity index (χ2v) is 6.15. The van der Waals surface area contributed by atoms with Crippen LogP contribution in [0.3, 0.4) is 0 Å². The van der Waals surface area contributed by atoms with Gasteiger partial charge >= 0.3 is 5.97 Å². The van der Waals surface area contributed by atoms with Gasteiger partial charge < -0.3 is 4.74 Å². The molecule has 0 saturated heterocycles. The molecule has 0 aliphatic heterocycles. The van der Waals surface area contributed by atoms with Gasteiger partial charge in [0.15, 0.2) is 0 Å². The molecule has 0 atom stereocenters. The molecule has 0 radical (unpaired) electrons. The zero-order valence-electron chi connectivity index (χ0n) is 13.6. The van der Waals surface area contributed by atoms with Crippen molar-refractivity contribution in [2.24, 2.45) is 5.11 Å². The Kier molecular flexibility index (Phi) is 4.67. The summed E-state index contributed by atoms with van der Waals surface area (Å²) in [7, 11) is 0. The molecule has 2 rings (SSSR count). The molecule has 6 nitrogen and oxygen atoms in total. The van der Waals surface area contributed by atoms with Crippen molar-refractivity contribution >= 4 is 28.1 Å². The Morgan fingerprint density at radius 2 is 2.09 bits per heavy atom. The third kappa shape index (κ3) is 4.56. The van der Waals surface area contributed by atoms with Gasteiger partial charge in [-0.25, -0.2) is 4.79 Å². The Bertz CT molecular complexity index is 828. The molecule has 0 aliphatic carbocycles. The number of benzene rings is 1. The highest BCUT2D eigenvalue weighted by molar-refractivity contribution is 5.92. The number of azide groups is 1. The Balaban J connectivity index is 2.35. The Hall–Kier alpha value is -2.85. The molecule has 2 aromatic rings. The van der Waals surface area contributed by atoms with Crippen LogP contribution in [0.4, 0.5) is 5.69 Å². The fourth-order valence-corrected chi connectivity index (χ4v) is 2.04. The minimum absolute atomic E-state index is 0.391. The van der Waals surface area contributed by atoms with Gasteiger partial charge in [0.1, 0.15) is 5.60 Å². The summed E-state index contributed by atoms with van der Waals surface area (Å²) in [5.74, 6) is -0.391. The summed E-state index contributed by atoms with van der Waals surface area (Å²) in [5.41, 5.74) is 10.8. The van der Waals surface area contributed by atoms with E-state index in [1.165, 1.54) is 6.08 Å². The number of fused-ring (bicyclic) bond motifs is 1. The largest absolute Gasteiger partial charge is 0.457 e. The number of esters is 1. The molecule has 0 fully saturated rings. The summed E-state index contributed by atoms with van der Waals surface area (Å²) in [6.45, 7) is 7.29. The van der Waals surface area contributed by atoms with Gasteiger partial charge in [-0.3, -0.25) is 4.98 Å². The molecular weight excluding hydrogens is 292 g/mol. The summed E-state index contributed by atoms with van der Waals surface area (Å²) in [6, 6.07) is 7.15. The van der Waals surface area contributed by atoms with Crippen LogP contribution in [0.25, 0.3) is 26.9 Å². The van der Waals surface area contributed by atoms with Crippen LogP contribution in [-0.2, 0) is 9.53 Å². The van der Waals surface area contributed by atoms with Crippen molar-refractivity contribution in [1.82, 2.24) is 4.98 Å². The molecule has 0 N–H and O–H groups in total. The molecule has 0 aliphatic rings. The molecule has 0 spiro atoms. The highest BCUT2D eigenvalue weighted by atomic mass is 16.6. The second-order valence-electron chi connectivity index (χ2n) is 6.15. The van der Waals surface area contributed by atoms with E-state index in [0.717, 1.165) is 22.0 Å². The first-order valence-corrected chi connectivity index (χ1v) is 7.15. The van der Waals surface area contributed by atoms with Crippen molar-refractivity contribution in [2.45, 2.75) is 33.3 Å². The normalized spacial score (nSPS) is 11.9. The van der Waals surface area contributed by atoms with Crippen LogP contribution in [0.1, 0.15) is 33.3 Å². The number of rotatable bonds is 3. The number of aromatic nitrogens is 1. The number of nitrogens with zero attached hydrogens (tertiary/aromatic N) is 4. The van der Waals surface area contributed by atoms with E-state index in [1.54, 1.807) is 24.4 Å². The predicted molar refractivity (Wildman–Crippen MR) is 90.0 cm³/mol. The molecule has 1 aromatic carbocycles. The van der Waals surface area contributed by atoms with Crippen molar-refractivity contribution in [3.8, 4) is 0 Å². The van der Waals surface area contributed by atoms with Crippen molar-refractivity contribution in [3.05, 3.63) is 52.5 Å². The van der Waals surface area contributed by atoms with E-state index >= 15 is 0 Å². The molecule has 0 saturated carbocycles. The van der Waals surface area contributed by atoms with Gasteiger partial charge in [-0.05, 0) is 62.6 Å². The van der Waals surface area contributed by atoms with Crippen molar-refractivity contribution in [2.75, 3.05) is 0 Å². The summed E-state index contributed by atoms with van der Waals surface area (Å²) >= 11 is 0. The van der Waals surface area contributed by atoms with Gasteiger partial charge in [0.05, 0.1) is 5.52 Å². The molecule has 0 amide bonds. The topological polar surface area (TPSA) is 88.0 Å². The Morgan fingerprint density at radius 3 is 2.74 bits per heavy atom. The molecule has 23 heavy (non-hydrogen) atoms. The summed E-state index contributed by atoms with van der Waals surface area (Å²) in [6.07, 6.45) is 3.15. The maximum absolute atomic E-state index is 11.9. The van der Waals surface area contributed by atoms with Gasteiger partial charge in [0.2, 0.25) is 0 Å². The SMILES string of the molecule is C/C(=C\C(=O)OC(C)(C)C)c1cnc2ccc(N=[N+]=[N-])cc2c1. The van der Waals surface area contributed by atoms with E-state index in [4.69, 9.17) is 10.3 Å². The zero-order chi connectivity index (χ0) is 17.0. The van der Waals surface area contributed by atoms with E-state index in [9.17, 15) is 4.79 Å². The fourth-order valence-electron chi connectivity index (χ4n) is 2.04. The number of ether oxygens (including phenoxy) is 1. The molecule has 0 bridgehead atoms. The predicted octanol–water partition coefficient (Wildman–Crippen LogP) is 4.92. The highest BCUT2D eigenvalue weighted by Crippen LogP contribution is 2.23. The van der Waals surface area contributed by atoms with E-state index < -0.39 is 11.6 Å². The summed E-state index contributed by atoms with van der Waals surface area (Å²) in [4.78, 5) is 19.0. The average molecular weight is 310 g/mol. The van der Waals surface area contributed by atoms with Crippen molar-refractivity contribution in [1.29, 1.82) is 0 Å². The lowest BCUT2D eigenvalue weighted by atomic mass is 10.1. The van der Waals surface area contributed by atoms with Crippen LogP contribution < -0.4 is 0 Å². The quantitative estimate of drug-likeness (QED) is 0.265. The molecule has 1 aromatic heterocycles. The third-order valence-electron chi connectivity index (χ3n) is 3.02. The second kappa shape index (κ2) is 6.50. The van der Waals surface area contributed by atoms with E-state index in [1.807, 2.05) is 33.8 Å². The number of hydrogen-bond acceptors (Lipinski definition) is 4. The van der Waals surface area contributed by atoms with Crippen LogP contribution in [0, 0.1) is 0 Å². The lowest BCUT2D eigenvalue weighted by Gasteiger charge is -2.18. The molecular formula is C17H18N4O2. The van der Waals surface area contributed by atoms with Crippen molar-refractivity contribution in [3.63, 3.8) is 0 Å². The third-order valence-corrected chi connectivity index (χ3v) is 3.02. The number of allylic oxidation sites excluding steroid dienone is 1. The van der Waals surface area contributed by atoms with Gasteiger partial charge in [-0.15, -0.1) is 0 Å². The van der Waals surface area contributed by atoms with Crippen molar-refractivity contribution < 1.29 is 9.53 Å². The first kappa shape index (κ1) is 16.5. The molecule has 1 heterocycles. The van der Waals surface area contributed by atoms with Gasteiger partial charge in [-0.1, -0.05) is 11.2 Å². The van der Waals surface area contributed by atoms with E-state index in [-0.39, 0.29) is 0 Å². The molecule has 0 unspecified atom stereocenters. The summed E-state index contributed by atoms with van der Waals surface area (Å²) < 4.78 is 5.28. The fraction of sp³-hybridized carbons (Fsp3) is 0.294. The van der Waals surface area contributed by atoms with E-state index in [2.05, 4.69) is 15.0 Å². The van der Waals surface area contributed by atoms with Crippen LogP contribution in [0.5, 0.6) is 0 Å². The van der Waals surface area contributed by atoms with Gasteiger partial charge in [0.25, 0.3) is 0 Å². The maximum atomic E-state index is 11.9. The maximum Gasteiger partial charge on any atom is 0.331 e. The monoisotopic (exact) mass is 310 g/mol. The van der Waals surface area contributed by atoms with Gasteiger partial charge in [0, 0.05) is 28.3 Å².